The van der Waals surface area contributed by atoms with Crippen molar-refractivity contribution in [2.75, 3.05) is 7.11 Å². The van der Waals surface area contributed by atoms with Crippen LogP contribution in [0.25, 0.3) is 0 Å². The zero-order valence-electron chi connectivity index (χ0n) is 9.26. The number of halogens is 1. The third kappa shape index (κ3) is 2.65. The summed E-state index contributed by atoms with van der Waals surface area (Å²) in [5.74, 6) is 0.778. The number of aromatic nitrogens is 2. The summed E-state index contributed by atoms with van der Waals surface area (Å²) >= 11 is 5.73. The molecule has 0 saturated heterocycles. The zero-order chi connectivity index (χ0) is 12.3. The van der Waals surface area contributed by atoms with E-state index in [9.17, 15) is 4.79 Å². The molecule has 0 fully saturated rings. The van der Waals surface area contributed by atoms with E-state index in [1.54, 1.807) is 7.11 Å². The fraction of sp³-hybridized carbons (Fsp3) is 0.167. The Balaban J connectivity index is 2.25. The third-order valence-electron chi connectivity index (χ3n) is 2.36. The Hall–Kier alpha value is -1.81. The highest BCUT2D eigenvalue weighted by Crippen LogP contribution is 2.11. The van der Waals surface area contributed by atoms with Crippen molar-refractivity contribution in [3.63, 3.8) is 0 Å². The van der Waals surface area contributed by atoms with Crippen LogP contribution >= 0.6 is 11.6 Å². The van der Waals surface area contributed by atoms with Gasteiger partial charge in [-0.15, -0.1) is 0 Å². The SMILES string of the molecule is COc1ccc(Cn2nccc(Cl)c2=O)cc1. The van der Waals surface area contributed by atoms with Crippen LogP contribution in [0.4, 0.5) is 0 Å². The van der Waals surface area contributed by atoms with Crippen molar-refractivity contribution in [3.8, 4) is 5.75 Å². The van der Waals surface area contributed by atoms with E-state index in [1.165, 1.54) is 16.9 Å². The molecule has 1 aromatic heterocycles. The number of benzene rings is 1. The first-order valence-electron chi connectivity index (χ1n) is 5.05. The van der Waals surface area contributed by atoms with Gasteiger partial charge in [0, 0.05) is 6.20 Å². The fourth-order valence-corrected chi connectivity index (χ4v) is 1.60. The van der Waals surface area contributed by atoms with Crippen molar-refractivity contribution in [1.82, 2.24) is 9.78 Å². The summed E-state index contributed by atoms with van der Waals surface area (Å²) in [6.45, 7) is 0.392. The van der Waals surface area contributed by atoms with Crippen molar-refractivity contribution >= 4 is 11.6 Å². The molecule has 0 bridgehead atoms. The standard InChI is InChI=1S/C12H11ClN2O2/c1-17-10-4-2-9(3-5-10)8-15-12(16)11(13)6-7-14-15/h2-7H,8H2,1H3. The topological polar surface area (TPSA) is 44.1 Å². The Kier molecular flexibility index (Phi) is 3.44. The lowest BCUT2D eigenvalue weighted by atomic mass is 10.2. The molecule has 4 nitrogen and oxygen atoms in total. The highest BCUT2D eigenvalue weighted by atomic mass is 35.5. The molecule has 0 amide bonds. The first kappa shape index (κ1) is 11.7. The predicted octanol–water partition coefficient (Wildman–Crippen LogP) is 1.95. The average Bonchev–Trinajstić information content (AvgIpc) is 2.36. The summed E-state index contributed by atoms with van der Waals surface area (Å²) < 4.78 is 6.38. The van der Waals surface area contributed by atoms with Gasteiger partial charge >= 0.3 is 0 Å². The molecule has 2 rings (SSSR count). The van der Waals surface area contributed by atoms with Gasteiger partial charge in [0.25, 0.3) is 5.56 Å². The smallest absolute Gasteiger partial charge is 0.285 e. The minimum Gasteiger partial charge on any atom is -0.497 e. The summed E-state index contributed by atoms with van der Waals surface area (Å²) in [6.07, 6.45) is 1.51. The Bertz CT molecular complexity index is 563. The Labute approximate surface area is 103 Å². The van der Waals surface area contributed by atoms with Crippen LogP contribution in [0.1, 0.15) is 5.56 Å². The van der Waals surface area contributed by atoms with E-state index >= 15 is 0 Å². The molecule has 0 aliphatic rings. The first-order chi connectivity index (χ1) is 8.20. The van der Waals surface area contributed by atoms with E-state index in [1.807, 2.05) is 24.3 Å². The molecule has 0 N–H and O–H groups in total. The van der Waals surface area contributed by atoms with Gasteiger partial charge in [0.05, 0.1) is 13.7 Å². The molecular formula is C12H11ClN2O2. The molecule has 17 heavy (non-hydrogen) atoms. The van der Waals surface area contributed by atoms with Crippen LogP contribution < -0.4 is 10.3 Å². The molecule has 0 saturated carbocycles. The van der Waals surface area contributed by atoms with Gasteiger partial charge in [-0.25, -0.2) is 4.68 Å². The van der Waals surface area contributed by atoms with Gasteiger partial charge in [-0.1, -0.05) is 23.7 Å². The number of methoxy groups -OCH3 is 1. The molecule has 0 radical (unpaired) electrons. The number of nitrogens with zero attached hydrogens (tertiary/aromatic N) is 2. The number of hydrogen-bond acceptors (Lipinski definition) is 3. The number of hydrogen-bond donors (Lipinski definition) is 0. The normalized spacial score (nSPS) is 10.2. The van der Waals surface area contributed by atoms with Gasteiger partial charge < -0.3 is 4.74 Å². The minimum absolute atomic E-state index is 0.175. The molecule has 88 valence electrons. The van der Waals surface area contributed by atoms with Crippen molar-refractivity contribution in [1.29, 1.82) is 0 Å². The monoisotopic (exact) mass is 250 g/mol. The lowest BCUT2D eigenvalue weighted by Crippen LogP contribution is -2.23. The molecule has 0 aliphatic carbocycles. The summed E-state index contributed by atoms with van der Waals surface area (Å²) in [7, 11) is 1.61. The van der Waals surface area contributed by atoms with E-state index in [0.717, 1.165) is 11.3 Å². The second-order valence-corrected chi connectivity index (χ2v) is 3.90. The van der Waals surface area contributed by atoms with Gasteiger partial charge in [-0.05, 0) is 23.8 Å². The van der Waals surface area contributed by atoms with Crippen LogP contribution in [0, 0.1) is 0 Å². The maximum absolute atomic E-state index is 11.6. The fourth-order valence-electron chi connectivity index (χ4n) is 1.44. The average molecular weight is 251 g/mol. The summed E-state index contributed by atoms with van der Waals surface area (Å²) in [4.78, 5) is 11.6. The predicted molar refractivity (Wildman–Crippen MR) is 65.6 cm³/mol. The lowest BCUT2D eigenvalue weighted by Gasteiger charge is -2.05. The molecular weight excluding hydrogens is 240 g/mol. The van der Waals surface area contributed by atoms with Crippen LogP contribution in [0.3, 0.4) is 0 Å². The van der Waals surface area contributed by atoms with Crippen LogP contribution in [0.2, 0.25) is 5.02 Å². The number of ether oxygens (including phenoxy) is 1. The summed E-state index contributed by atoms with van der Waals surface area (Å²) in [5, 5.41) is 4.14. The largest absolute Gasteiger partial charge is 0.497 e. The zero-order valence-corrected chi connectivity index (χ0v) is 10.0. The Morgan fingerprint density at radius 2 is 2.00 bits per heavy atom. The lowest BCUT2D eigenvalue weighted by molar-refractivity contribution is 0.414. The number of rotatable bonds is 3. The quantitative estimate of drug-likeness (QED) is 0.836. The second-order valence-electron chi connectivity index (χ2n) is 3.49. The Morgan fingerprint density at radius 1 is 1.29 bits per heavy atom. The minimum atomic E-state index is -0.287. The van der Waals surface area contributed by atoms with Gasteiger partial charge in [-0.2, -0.15) is 5.10 Å². The highest BCUT2D eigenvalue weighted by molar-refractivity contribution is 6.30. The van der Waals surface area contributed by atoms with Gasteiger partial charge in [0.2, 0.25) is 0 Å². The Morgan fingerprint density at radius 3 is 2.65 bits per heavy atom. The van der Waals surface area contributed by atoms with Crippen molar-refractivity contribution in [2.24, 2.45) is 0 Å². The highest BCUT2D eigenvalue weighted by Gasteiger charge is 2.02. The van der Waals surface area contributed by atoms with Gasteiger partial charge in [0.1, 0.15) is 10.8 Å². The van der Waals surface area contributed by atoms with Crippen LogP contribution in [-0.2, 0) is 6.54 Å². The van der Waals surface area contributed by atoms with Gasteiger partial charge in [0.15, 0.2) is 0 Å². The molecule has 1 aromatic carbocycles. The van der Waals surface area contributed by atoms with Crippen molar-refractivity contribution < 1.29 is 4.74 Å². The van der Waals surface area contributed by atoms with Gasteiger partial charge in [-0.3, -0.25) is 4.79 Å². The molecule has 0 spiro atoms. The molecule has 5 heteroatoms. The van der Waals surface area contributed by atoms with E-state index in [-0.39, 0.29) is 10.6 Å². The molecule has 0 aliphatic heterocycles. The van der Waals surface area contributed by atoms with E-state index in [2.05, 4.69) is 5.10 Å². The van der Waals surface area contributed by atoms with Crippen LogP contribution in [0.5, 0.6) is 5.75 Å². The molecule has 0 unspecified atom stereocenters. The molecule has 0 atom stereocenters. The van der Waals surface area contributed by atoms with Crippen LogP contribution in [-0.4, -0.2) is 16.9 Å². The third-order valence-corrected chi connectivity index (χ3v) is 2.64. The summed E-state index contributed by atoms with van der Waals surface area (Å²) in [5.41, 5.74) is 0.674. The van der Waals surface area contributed by atoms with E-state index in [0.29, 0.717) is 6.54 Å². The van der Waals surface area contributed by atoms with Crippen LogP contribution in [0.15, 0.2) is 41.3 Å². The molecule has 1 heterocycles. The molecule has 2 aromatic rings. The first-order valence-corrected chi connectivity index (χ1v) is 5.43. The van der Waals surface area contributed by atoms with E-state index in [4.69, 9.17) is 16.3 Å². The van der Waals surface area contributed by atoms with E-state index < -0.39 is 0 Å². The van der Waals surface area contributed by atoms with Crippen molar-refractivity contribution in [2.45, 2.75) is 6.54 Å². The summed E-state index contributed by atoms with van der Waals surface area (Å²) in [6, 6.07) is 8.92. The van der Waals surface area contributed by atoms with Crippen molar-refractivity contribution in [3.05, 3.63) is 57.5 Å². The second kappa shape index (κ2) is 5.01. The maximum Gasteiger partial charge on any atom is 0.285 e. The maximum atomic E-state index is 11.6.